The number of ketones is 1. The molecular formula is C20H39N5O2. The second-order valence-corrected chi connectivity index (χ2v) is 8.24. The second kappa shape index (κ2) is 11.7. The molecule has 1 N–H and O–H groups in total. The van der Waals surface area contributed by atoms with Crippen molar-refractivity contribution >= 4 is 11.7 Å². The van der Waals surface area contributed by atoms with Crippen LogP contribution in [-0.2, 0) is 9.59 Å². The summed E-state index contributed by atoms with van der Waals surface area (Å²) in [6.07, 6.45) is 2.18. The zero-order valence-corrected chi connectivity index (χ0v) is 17.6. The Morgan fingerprint density at radius 2 is 1.22 bits per heavy atom. The van der Waals surface area contributed by atoms with Gasteiger partial charge in [0.05, 0.1) is 13.1 Å². The molecule has 2 unspecified atom stereocenters. The van der Waals surface area contributed by atoms with Crippen LogP contribution in [0.25, 0.3) is 0 Å². The number of nitrogens with one attached hydrogen (secondary N) is 1. The number of nitrogens with zero attached hydrogens (tertiary/aromatic N) is 4. The predicted molar refractivity (Wildman–Crippen MR) is 109 cm³/mol. The maximum Gasteiger partial charge on any atom is 0.233 e. The van der Waals surface area contributed by atoms with Crippen molar-refractivity contribution in [2.24, 2.45) is 5.92 Å². The lowest BCUT2D eigenvalue weighted by atomic mass is 10.1. The van der Waals surface area contributed by atoms with E-state index in [2.05, 4.69) is 24.9 Å². The third kappa shape index (κ3) is 8.25. The average Bonchev–Trinajstić information content (AvgIpc) is 2.65. The first-order valence-electron chi connectivity index (χ1n) is 10.6. The van der Waals surface area contributed by atoms with Gasteiger partial charge in [0.1, 0.15) is 5.78 Å². The monoisotopic (exact) mass is 381 g/mol. The number of fused-ring (bicyclic) bond motifs is 3. The number of carbonyl (C=O) groups is 2. The molecule has 2 atom stereocenters. The molecule has 2 aliphatic rings. The lowest BCUT2D eigenvalue weighted by molar-refractivity contribution is -0.123. The molecule has 1 amide bonds. The Kier molecular flexibility index (Phi) is 9.68. The number of hydrogen-bond acceptors (Lipinski definition) is 6. The van der Waals surface area contributed by atoms with Gasteiger partial charge in [-0.2, -0.15) is 0 Å². The van der Waals surface area contributed by atoms with E-state index in [0.29, 0.717) is 18.9 Å². The summed E-state index contributed by atoms with van der Waals surface area (Å²) in [4.78, 5) is 33.7. The van der Waals surface area contributed by atoms with Gasteiger partial charge in [0.15, 0.2) is 0 Å². The highest BCUT2D eigenvalue weighted by atomic mass is 16.2. The van der Waals surface area contributed by atoms with E-state index in [4.69, 9.17) is 0 Å². The molecule has 156 valence electrons. The first-order valence-corrected chi connectivity index (χ1v) is 10.6. The summed E-state index contributed by atoms with van der Waals surface area (Å²) < 4.78 is 0. The van der Waals surface area contributed by atoms with Crippen molar-refractivity contribution in [1.29, 1.82) is 0 Å². The number of amides is 1. The molecule has 2 fully saturated rings. The molecule has 27 heavy (non-hydrogen) atoms. The van der Waals surface area contributed by atoms with Crippen molar-refractivity contribution in [3.8, 4) is 0 Å². The zero-order chi connectivity index (χ0) is 19.6. The maximum absolute atomic E-state index is 12.2. The largest absolute Gasteiger partial charge is 0.358 e. The summed E-state index contributed by atoms with van der Waals surface area (Å²) in [6.45, 7) is 15.3. The smallest absolute Gasteiger partial charge is 0.233 e. The molecular weight excluding hydrogens is 342 g/mol. The van der Waals surface area contributed by atoms with Gasteiger partial charge in [-0.1, -0.05) is 13.8 Å². The minimum absolute atomic E-state index is 0.0991. The molecule has 0 aromatic heterocycles. The Morgan fingerprint density at radius 3 is 1.70 bits per heavy atom. The van der Waals surface area contributed by atoms with Crippen LogP contribution in [0, 0.1) is 5.92 Å². The van der Waals surface area contributed by atoms with Gasteiger partial charge in [0.2, 0.25) is 5.91 Å². The van der Waals surface area contributed by atoms with Crippen LogP contribution >= 0.6 is 0 Å². The second-order valence-electron chi connectivity index (χ2n) is 8.24. The van der Waals surface area contributed by atoms with Gasteiger partial charge in [-0.15, -0.1) is 0 Å². The molecule has 2 rings (SSSR count). The summed E-state index contributed by atoms with van der Waals surface area (Å²) in [6, 6.07) is 0. The number of hydrogen-bond donors (Lipinski definition) is 1. The molecule has 7 nitrogen and oxygen atoms in total. The number of Topliss-reactive ketones (excluding diaryl/α,β-unsaturated/α-hetero) is 1. The fourth-order valence-corrected chi connectivity index (χ4v) is 3.78. The van der Waals surface area contributed by atoms with E-state index in [9.17, 15) is 9.59 Å². The van der Waals surface area contributed by atoms with Gasteiger partial charge in [-0.25, -0.2) is 0 Å². The van der Waals surface area contributed by atoms with Gasteiger partial charge >= 0.3 is 0 Å². The fourth-order valence-electron chi connectivity index (χ4n) is 3.78. The first kappa shape index (κ1) is 22.3. The third-order valence-corrected chi connectivity index (χ3v) is 5.76. The van der Waals surface area contributed by atoms with Crippen LogP contribution in [0.5, 0.6) is 0 Å². The minimum Gasteiger partial charge on any atom is -0.358 e. The van der Waals surface area contributed by atoms with Crippen LogP contribution in [0.1, 0.15) is 26.7 Å². The van der Waals surface area contributed by atoms with Crippen LogP contribution in [0.2, 0.25) is 0 Å². The van der Waals surface area contributed by atoms with E-state index >= 15 is 0 Å². The molecule has 2 heterocycles. The average molecular weight is 382 g/mol. The Bertz CT molecular complexity index is 471. The lowest BCUT2D eigenvalue weighted by Gasteiger charge is -2.35. The van der Waals surface area contributed by atoms with E-state index in [-0.39, 0.29) is 11.8 Å². The van der Waals surface area contributed by atoms with Crippen molar-refractivity contribution in [3.05, 3.63) is 0 Å². The summed E-state index contributed by atoms with van der Waals surface area (Å²) in [5.41, 5.74) is 0. The van der Waals surface area contributed by atoms with Crippen molar-refractivity contribution in [3.63, 3.8) is 0 Å². The number of rotatable bonds is 5. The van der Waals surface area contributed by atoms with Crippen molar-refractivity contribution < 1.29 is 9.59 Å². The molecule has 0 aromatic rings. The zero-order valence-electron chi connectivity index (χ0n) is 17.6. The van der Waals surface area contributed by atoms with Crippen LogP contribution in [0.3, 0.4) is 0 Å². The topological polar surface area (TPSA) is 59.1 Å². The number of carbonyl (C=O) groups excluding carboxylic acids is 2. The highest BCUT2D eigenvalue weighted by Crippen LogP contribution is 2.07. The highest BCUT2D eigenvalue weighted by molar-refractivity contribution is 5.82. The third-order valence-electron chi connectivity index (χ3n) is 5.76. The van der Waals surface area contributed by atoms with Crippen LogP contribution in [0.4, 0.5) is 0 Å². The summed E-state index contributed by atoms with van der Waals surface area (Å²) in [5, 5.41) is 2.74. The van der Waals surface area contributed by atoms with E-state index in [1.807, 2.05) is 13.8 Å². The van der Waals surface area contributed by atoms with Crippen LogP contribution in [-0.4, -0.2) is 117 Å². The van der Waals surface area contributed by atoms with E-state index < -0.39 is 0 Å². The van der Waals surface area contributed by atoms with Gasteiger partial charge in [-0.05, 0) is 39.0 Å². The normalized spacial score (nSPS) is 26.7. The molecule has 0 spiro atoms. The van der Waals surface area contributed by atoms with Gasteiger partial charge in [0, 0.05) is 52.2 Å². The SMILES string of the molecule is CNC(=O)CN1CCCN2CCN(CCCN(CC(=O)C(C)C)CC2)CC1. The molecule has 0 aromatic carbocycles. The molecule has 2 aliphatic heterocycles. The molecule has 0 radical (unpaired) electrons. The Labute approximate surface area is 165 Å². The van der Waals surface area contributed by atoms with E-state index in [1.54, 1.807) is 7.05 Å². The van der Waals surface area contributed by atoms with E-state index in [1.165, 1.54) is 0 Å². The first-order chi connectivity index (χ1) is 13.0. The highest BCUT2D eigenvalue weighted by Gasteiger charge is 2.20. The molecule has 0 aliphatic carbocycles. The molecule has 7 heteroatoms. The van der Waals surface area contributed by atoms with Crippen LogP contribution < -0.4 is 5.32 Å². The molecule has 2 saturated heterocycles. The van der Waals surface area contributed by atoms with Crippen molar-refractivity contribution in [2.75, 3.05) is 85.6 Å². The summed E-state index contributed by atoms with van der Waals surface area (Å²) >= 11 is 0. The molecule has 0 saturated carbocycles. The molecule has 2 bridgehead atoms. The Morgan fingerprint density at radius 1 is 0.741 bits per heavy atom. The summed E-state index contributed by atoms with van der Waals surface area (Å²) in [7, 11) is 1.71. The maximum atomic E-state index is 12.2. The quantitative estimate of drug-likeness (QED) is 0.722. The van der Waals surface area contributed by atoms with Gasteiger partial charge in [0.25, 0.3) is 0 Å². The van der Waals surface area contributed by atoms with Gasteiger partial charge < -0.3 is 15.1 Å². The minimum atomic E-state index is 0.0991. The van der Waals surface area contributed by atoms with Crippen molar-refractivity contribution in [2.45, 2.75) is 26.7 Å². The Balaban J connectivity index is 1.95. The summed E-state index contributed by atoms with van der Waals surface area (Å²) in [5.74, 6) is 0.563. The fraction of sp³-hybridized carbons (Fsp3) is 0.900. The van der Waals surface area contributed by atoms with E-state index in [0.717, 1.165) is 78.3 Å². The Hall–Kier alpha value is -1.02. The predicted octanol–water partition coefficient (Wildman–Crippen LogP) is -0.0271. The standard InChI is InChI=1S/C20H39N5O2/c1-18(2)19(26)16-24-8-4-6-23-11-10-22(12-14-24)7-5-9-25(15-13-23)17-20(27)21-3/h18H,4-17H2,1-3H3,(H,21,27). The van der Waals surface area contributed by atoms with Crippen molar-refractivity contribution in [1.82, 2.24) is 24.9 Å². The number of likely N-dealkylation sites (N-methyl/N-ethyl adjacent to an activating group) is 1. The van der Waals surface area contributed by atoms with Gasteiger partial charge in [-0.3, -0.25) is 19.4 Å². The lowest BCUT2D eigenvalue weighted by Crippen LogP contribution is -2.48. The van der Waals surface area contributed by atoms with Crippen LogP contribution in [0.15, 0.2) is 0 Å².